The molecule has 0 bridgehead atoms. The van der Waals surface area contributed by atoms with Crippen LogP contribution < -0.4 is 5.73 Å². The minimum atomic E-state index is -0.914. The number of fused-ring (bicyclic) bond motifs is 1. The first kappa shape index (κ1) is 12.8. The fourth-order valence-corrected chi connectivity index (χ4v) is 2.39. The molecule has 0 amide bonds. The lowest BCUT2D eigenvalue weighted by molar-refractivity contribution is 0.530. The van der Waals surface area contributed by atoms with E-state index in [-0.39, 0.29) is 5.82 Å². The molecule has 1 heterocycles. The van der Waals surface area contributed by atoms with Gasteiger partial charge < -0.3 is 5.73 Å². The number of benzene rings is 2. The average Bonchev–Trinajstić information content (AvgIpc) is 2.47. The first-order chi connectivity index (χ1) is 9.59. The molecular formula is C17H15FN2. The molecule has 1 unspecified atom stereocenters. The second-order valence-electron chi connectivity index (χ2n) is 5.10. The molecule has 2 nitrogen and oxygen atoms in total. The van der Waals surface area contributed by atoms with E-state index < -0.39 is 5.54 Å². The van der Waals surface area contributed by atoms with E-state index in [1.807, 2.05) is 30.3 Å². The van der Waals surface area contributed by atoms with Gasteiger partial charge in [0.05, 0.1) is 11.1 Å². The average molecular weight is 266 g/mol. The summed E-state index contributed by atoms with van der Waals surface area (Å²) in [6.07, 6.45) is 1.72. The van der Waals surface area contributed by atoms with Crippen LogP contribution in [0.1, 0.15) is 18.1 Å². The van der Waals surface area contributed by atoms with Crippen molar-refractivity contribution in [1.29, 1.82) is 0 Å². The highest BCUT2D eigenvalue weighted by atomic mass is 19.1. The summed E-state index contributed by atoms with van der Waals surface area (Å²) >= 11 is 0. The van der Waals surface area contributed by atoms with Crippen molar-refractivity contribution in [2.24, 2.45) is 5.73 Å². The molecule has 1 aromatic heterocycles. The van der Waals surface area contributed by atoms with Crippen molar-refractivity contribution < 1.29 is 4.39 Å². The number of pyridine rings is 1. The van der Waals surface area contributed by atoms with Crippen molar-refractivity contribution in [3.63, 3.8) is 0 Å². The number of hydrogen-bond acceptors (Lipinski definition) is 2. The summed E-state index contributed by atoms with van der Waals surface area (Å²) < 4.78 is 14.0. The van der Waals surface area contributed by atoms with Crippen molar-refractivity contribution in [2.75, 3.05) is 0 Å². The molecule has 0 fully saturated rings. The van der Waals surface area contributed by atoms with Crippen LogP contribution in [0.4, 0.5) is 4.39 Å². The Balaban J connectivity index is 2.16. The zero-order valence-corrected chi connectivity index (χ0v) is 11.2. The van der Waals surface area contributed by atoms with Crippen LogP contribution in [0.2, 0.25) is 0 Å². The number of nitrogens with two attached hydrogens (primary N) is 1. The Labute approximate surface area is 117 Å². The summed E-state index contributed by atoms with van der Waals surface area (Å²) in [6.45, 7) is 1.80. The molecule has 0 aliphatic heterocycles. The van der Waals surface area contributed by atoms with Crippen LogP contribution in [-0.4, -0.2) is 4.98 Å². The van der Waals surface area contributed by atoms with E-state index in [2.05, 4.69) is 4.98 Å². The highest BCUT2D eigenvalue weighted by Crippen LogP contribution is 2.29. The molecule has 0 aliphatic carbocycles. The molecule has 3 rings (SSSR count). The Kier molecular flexibility index (Phi) is 2.99. The standard InChI is InChI=1S/C17H15FN2/c1-17(19,14-7-3-4-8-15(14)18)13-10-12-6-2-5-9-16(12)20-11-13/h2-11H,19H2,1H3. The number of hydrogen-bond donors (Lipinski definition) is 1. The SMILES string of the molecule is CC(N)(c1cnc2ccccc2c1)c1ccccc1F. The van der Waals surface area contributed by atoms with Crippen molar-refractivity contribution in [1.82, 2.24) is 4.98 Å². The fourth-order valence-electron chi connectivity index (χ4n) is 2.39. The second kappa shape index (κ2) is 4.69. The smallest absolute Gasteiger partial charge is 0.128 e. The maximum absolute atomic E-state index is 14.0. The lowest BCUT2D eigenvalue weighted by atomic mass is 9.86. The molecular weight excluding hydrogens is 251 g/mol. The Hall–Kier alpha value is -2.26. The molecule has 1 atom stereocenters. The van der Waals surface area contributed by atoms with Gasteiger partial charge in [0.15, 0.2) is 0 Å². The summed E-state index contributed by atoms with van der Waals surface area (Å²) in [5.74, 6) is -0.300. The highest BCUT2D eigenvalue weighted by molar-refractivity contribution is 5.79. The van der Waals surface area contributed by atoms with E-state index in [1.54, 1.807) is 31.3 Å². The molecule has 0 radical (unpaired) electrons. The minimum Gasteiger partial charge on any atom is -0.318 e. The molecule has 3 heteroatoms. The topological polar surface area (TPSA) is 38.9 Å². The van der Waals surface area contributed by atoms with Crippen LogP contribution in [0.25, 0.3) is 10.9 Å². The molecule has 20 heavy (non-hydrogen) atoms. The fraction of sp³-hybridized carbons (Fsp3) is 0.118. The predicted molar refractivity (Wildman–Crippen MR) is 78.8 cm³/mol. The van der Waals surface area contributed by atoms with E-state index in [0.29, 0.717) is 5.56 Å². The van der Waals surface area contributed by atoms with Crippen LogP contribution >= 0.6 is 0 Å². The van der Waals surface area contributed by atoms with Gasteiger partial charge in [-0.25, -0.2) is 4.39 Å². The maximum atomic E-state index is 14.0. The van der Waals surface area contributed by atoms with Crippen molar-refractivity contribution >= 4 is 10.9 Å². The van der Waals surface area contributed by atoms with Gasteiger partial charge in [0.2, 0.25) is 0 Å². The third-order valence-electron chi connectivity index (χ3n) is 3.62. The quantitative estimate of drug-likeness (QED) is 0.769. The maximum Gasteiger partial charge on any atom is 0.128 e. The van der Waals surface area contributed by atoms with Gasteiger partial charge in [0, 0.05) is 17.1 Å². The zero-order chi connectivity index (χ0) is 14.2. The van der Waals surface area contributed by atoms with E-state index >= 15 is 0 Å². The molecule has 0 spiro atoms. The van der Waals surface area contributed by atoms with Gasteiger partial charge in [-0.2, -0.15) is 0 Å². The third kappa shape index (κ3) is 2.06. The summed E-state index contributed by atoms with van der Waals surface area (Å²) in [6, 6.07) is 16.4. The third-order valence-corrected chi connectivity index (χ3v) is 3.62. The summed E-state index contributed by atoms with van der Waals surface area (Å²) in [5, 5.41) is 0.998. The number of halogens is 1. The number of aromatic nitrogens is 1. The van der Waals surface area contributed by atoms with Gasteiger partial charge in [0.25, 0.3) is 0 Å². The second-order valence-corrected chi connectivity index (χ2v) is 5.10. The lowest BCUT2D eigenvalue weighted by Crippen LogP contribution is -2.35. The molecule has 0 saturated heterocycles. The largest absolute Gasteiger partial charge is 0.318 e. The first-order valence-electron chi connectivity index (χ1n) is 6.48. The van der Waals surface area contributed by atoms with Gasteiger partial charge >= 0.3 is 0 Å². The molecule has 0 saturated carbocycles. The number of para-hydroxylation sites is 1. The van der Waals surface area contributed by atoms with E-state index in [0.717, 1.165) is 16.5 Å². The molecule has 3 aromatic rings. The van der Waals surface area contributed by atoms with Crippen LogP contribution in [0, 0.1) is 5.82 Å². The summed E-state index contributed by atoms with van der Waals surface area (Å²) in [4.78, 5) is 4.40. The van der Waals surface area contributed by atoms with Gasteiger partial charge in [-0.1, -0.05) is 36.4 Å². The minimum absolute atomic E-state index is 0.300. The summed E-state index contributed by atoms with van der Waals surface area (Å²) in [7, 11) is 0. The lowest BCUT2D eigenvalue weighted by Gasteiger charge is -2.26. The van der Waals surface area contributed by atoms with Crippen molar-refractivity contribution in [3.8, 4) is 0 Å². The summed E-state index contributed by atoms with van der Waals surface area (Å²) in [5.41, 5.74) is 7.62. The van der Waals surface area contributed by atoms with Gasteiger partial charge in [-0.15, -0.1) is 0 Å². The van der Waals surface area contributed by atoms with Crippen LogP contribution in [0.15, 0.2) is 60.8 Å². The van der Waals surface area contributed by atoms with Crippen LogP contribution in [0.5, 0.6) is 0 Å². The van der Waals surface area contributed by atoms with Crippen molar-refractivity contribution in [2.45, 2.75) is 12.5 Å². The Morgan fingerprint density at radius 1 is 1.05 bits per heavy atom. The van der Waals surface area contributed by atoms with Crippen LogP contribution in [0.3, 0.4) is 0 Å². The molecule has 2 aromatic carbocycles. The Morgan fingerprint density at radius 3 is 2.55 bits per heavy atom. The normalized spacial score (nSPS) is 14.2. The van der Waals surface area contributed by atoms with Gasteiger partial charge in [-0.05, 0) is 30.7 Å². The molecule has 100 valence electrons. The van der Waals surface area contributed by atoms with E-state index in [4.69, 9.17) is 5.73 Å². The van der Waals surface area contributed by atoms with Gasteiger partial charge in [-0.3, -0.25) is 4.98 Å². The Morgan fingerprint density at radius 2 is 1.75 bits per heavy atom. The highest BCUT2D eigenvalue weighted by Gasteiger charge is 2.27. The monoisotopic (exact) mass is 266 g/mol. The number of rotatable bonds is 2. The van der Waals surface area contributed by atoms with E-state index in [9.17, 15) is 4.39 Å². The predicted octanol–water partition coefficient (Wildman–Crippen LogP) is 3.60. The Bertz CT molecular complexity index is 766. The van der Waals surface area contributed by atoms with Crippen molar-refractivity contribution in [3.05, 3.63) is 77.7 Å². The number of nitrogens with zero attached hydrogens (tertiary/aromatic N) is 1. The zero-order valence-electron chi connectivity index (χ0n) is 11.2. The van der Waals surface area contributed by atoms with Gasteiger partial charge in [0.1, 0.15) is 5.82 Å². The molecule has 2 N–H and O–H groups in total. The molecule has 0 aliphatic rings. The van der Waals surface area contributed by atoms with Crippen LogP contribution in [-0.2, 0) is 5.54 Å². The first-order valence-corrected chi connectivity index (χ1v) is 6.48. The van der Waals surface area contributed by atoms with E-state index in [1.165, 1.54) is 6.07 Å².